The highest BCUT2D eigenvalue weighted by Crippen LogP contribution is 2.02. The van der Waals surface area contributed by atoms with Crippen molar-refractivity contribution in [1.29, 1.82) is 0 Å². The lowest BCUT2D eigenvalue weighted by Gasteiger charge is -2.18. The number of aliphatic hydroxyl groups is 2. The summed E-state index contributed by atoms with van der Waals surface area (Å²) in [4.78, 5) is 0. The van der Waals surface area contributed by atoms with Crippen molar-refractivity contribution in [3.8, 4) is 0 Å². The molecule has 0 aliphatic rings. The summed E-state index contributed by atoms with van der Waals surface area (Å²) in [6, 6.07) is 0. The zero-order valence-corrected chi connectivity index (χ0v) is 10.7. The molecule has 0 aliphatic heterocycles. The Labute approximate surface area is 98.6 Å². The monoisotopic (exact) mass is 234 g/mol. The topological polar surface area (TPSA) is 58.9 Å². The van der Waals surface area contributed by atoms with Crippen LogP contribution in [0.3, 0.4) is 0 Å². The molecule has 0 aromatic heterocycles. The molecule has 0 aromatic carbocycles. The summed E-state index contributed by atoms with van der Waals surface area (Å²) in [5.74, 6) is 0. The molecule has 0 aromatic rings. The van der Waals surface area contributed by atoms with Crippen LogP contribution in [-0.2, 0) is 9.47 Å². The second kappa shape index (κ2) is 10.0. The van der Waals surface area contributed by atoms with E-state index in [1.54, 1.807) is 0 Å². The van der Waals surface area contributed by atoms with Gasteiger partial charge in [0.05, 0.1) is 38.1 Å². The molecule has 0 bridgehead atoms. The number of rotatable bonds is 10. The summed E-state index contributed by atoms with van der Waals surface area (Å²) in [5, 5.41) is 18.3. The largest absolute Gasteiger partial charge is 0.394 e. The summed E-state index contributed by atoms with van der Waals surface area (Å²) in [6.45, 7) is 6.63. The molecule has 0 heterocycles. The molecule has 4 heteroatoms. The molecule has 3 atom stereocenters. The van der Waals surface area contributed by atoms with Crippen LogP contribution in [0.2, 0.25) is 0 Å². The number of hydrogen-bond donors (Lipinski definition) is 2. The van der Waals surface area contributed by atoms with Crippen LogP contribution >= 0.6 is 0 Å². The van der Waals surface area contributed by atoms with Gasteiger partial charge in [0, 0.05) is 0 Å². The minimum absolute atomic E-state index is 0.0173. The number of aliphatic hydroxyl groups excluding tert-OH is 2. The average molecular weight is 234 g/mol. The van der Waals surface area contributed by atoms with Crippen molar-refractivity contribution in [1.82, 2.24) is 0 Å². The molecular weight excluding hydrogens is 208 g/mol. The van der Waals surface area contributed by atoms with Crippen LogP contribution in [0.25, 0.3) is 0 Å². The summed E-state index contributed by atoms with van der Waals surface area (Å²) in [5.41, 5.74) is 0. The molecule has 0 rings (SSSR count). The third-order valence-electron chi connectivity index (χ3n) is 2.28. The maximum atomic E-state index is 9.52. The molecule has 4 nitrogen and oxygen atoms in total. The molecule has 0 radical (unpaired) electrons. The first kappa shape index (κ1) is 15.8. The fourth-order valence-corrected chi connectivity index (χ4v) is 1.37. The summed E-state index contributed by atoms with van der Waals surface area (Å²) >= 11 is 0. The van der Waals surface area contributed by atoms with Gasteiger partial charge in [-0.2, -0.15) is 0 Å². The van der Waals surface area contributed by atoms with Gasteiger partial charge in [0.1, 0.15) is 0 Å². The van der Waals surface area contributed by atoms with Gasteiger partial charge in [-0.05, 0) is 20.3 Å². The molecule has 0 saturated heterocycles. The van der Waals surface area contributed by atoms with Crippen LogP contribution in [-0.4, -0.2) is 48.3 Å². The van der Waals surface area contributed by atoms with E-state index in [-0.39, 0.29) is 24.9 Å². The first-order chi connectivity index (χ1) is 7.60. The zero-order chi connectivity index (χ0) is 12.4. The molecule has 0 spiro atoms. The summed E-state index contributed by atoms with van der Waals surface area (Å²) in [6.07, 6.45) is 2.31. The van der Waals surface area contributed by atoms with Gasteiger partial charge in [-0.25, -0.2) is 0 Å². The maximum absolute atomic E-state index is 9.52. The van der Waals surface area contributed by atoms with Gasteiger partial charge in [0.25, 0.3) is 0 Å². The van der Waals surface area contributed by atoms with Gasteiger partial charge in [0.15, 0.2) is 0 Å². The van der Waals surface area contributed by atoms with Gasteiger partial charge < -0.3 is 19.7 Å². The minimum atomic E-state index is -0.373. The van der Waals surface area contributed by atoms with E-state index in [9.17, 15) is 5.11 Å². The Morgan fingerprint density at radius 2 is 1.81 bits per heavy atom. The molecule has 0 fully saturated rings. The van der Waals surface area contributed by atoms with Crippen LogP contribution in [0.15, 0.2) is 0 Å². The van der Waals surface area contributed by atoms with E-state index in [1.165, 1.54) is 0 Å². The van der Waals surface area contributed by atoms with E-state index < -0.39 is 0 Å². The first-order valence-electron chi connectivity index (χ1n) is 6.12. The summed E-state index contributed by atoms with van der Waals surface area (Å²) < 4.78 is 10.7. The predicted molar refractivity (Wildman–Crippen MR) is 63.4 cm³/mol. The third-order valence-corrected chi connectivity index (χ3v) is 2.28. The lowest BCUT2D eigenvalue weighted by atomic mass is 10.2. The molecule has 0 saturated carbocycles. The van der Waals surface area contributed by atoms with Gasteiger partial charge in [-0.3, -0.25) is 0 Å². The number of unbranched alkanes of at least 4 members (excludes halogenated alkanes) is 1. The highest BCUT2D eigenvalue weighted by Gasteiger charge is 2.09. The van der Waals surface area contributed by atoms with Crippen molar-refractivity contribution in [3.05, 3.63) is 0 Å². The third kappa shape index (κ3) is 9.09. The van der Waals surface area contributed by atoms with Gasteiger partial charge in [-0.15, -0.1) is 0 Å². The van der Waals surface area contributed by atoms with E-state index in [0.717, 1.165) is 19.3 Å². The Hall–Kier alpha value is -0.160. The Morgan fingerprint density at radius 3 is 2.38 bits per heavy atom. The quantitative estimate of drug-likeness (QED) is 0.599. The van der Waals surface area contributed by atoms with Gasteiger partial charge in [-0.1, -0.05) is 19.8 Å². The minimum Gasteiger partial charge on any atom is -0.394 e. The van der Waals surface area contributed by atoms with E-state index in [2.05, 4.69) is 6.92 Å². The second-order valence-corrected chi connectivity index (χ2v) is 4.27. The van der Waals surface area contributed by atoms with Crippen molar-refractivity contribution >= 4 is 0 Å². The second-order valence-electron chi connectivity index (χ2n) is 4.27. The predicted octanol–water partition coefficient (Wildman–Crippen LogP) is 1.34. The molecule has 16 heavy (non-hydrogen) atoms. The standard InChI is InChI=1S/C12H26O4/c1-4-5-6-12(14)9-15-8-11(3)16-10(2)7-13/h10-14H,4-9H2,1-3H3. The molecule has 2 N–H and O–H groups in total. The molecule has 3 unspecified atom stereocenters. The highest BCUT2D eigenvalue weighted by molar-refractivity contribution is 4.56. The fourth-order valence-electron chi connectivity index (χ4n) is 1.37. The molecule has 0 aliphatic carbocycles. The normalized spacial score (nSPS) is 17.1. The van der Waals surface area contributed by atoms with E-state index in [1.807, 2.05) is 13.8 Å². The Kier molecular flexibility index (Phi) is 9.92. The maximum Gasteiger partial charge on any atom is 0.0785 e. The van der Waals surface area contributed by atoms with Crippen molar-refractivity contribution in [2.24, 2.45) is 0 Å². The summed E-state index contributed by atoms with van der Waals surface area (Å²) in [7, 11) is 0. The van der Waals surface area contributed by atoms with E-state index >= 15 is 0 Å². The molecular formula is C12H26O4. The van der Waals surface area contributed by atoms with Crippen LogP contribution in [0.1, 0.15) is 40.0 Å². The van der Waals surface area contributed by atoms with Crippen molar-refractivity contribution in [2.75, 3.05) is 19.8 Å². The Morgan fingerprint density at radius 1 is 1.12 bits per heavy atom. The smallest absolute Gasteiger partial charge is 0.0785 e. The Balaban J connectivity index is 3.42. The zero-order valence-electron chi connectivity index (χ0n) is 10.7. The number of hydrogen-bond acceptors (Lipinski definition) is 4. The highest BCUT2D eigenvalue weighted by atomic mass is 16.5. The van der Waals surface area contributed by atoms with Crippen molar-refractivity contribution in [3.63, 3.8) is 0 Å². The van der Waals surface area contributed by atoms with Crippen LogP contribution < -0.4 is 0 Å². The molecule has 0 amide bonds. The lowest BCUT2D eigenvalue weighted by Crippen LogP contribution is -2.26. The van der Waals surface area contributed by atoms with Crippen molar-refractivity contribution in [2.45, 2.75) is 58.3 Å². The van der Waals surface area contributed by atoms with Crippen molar-refractivity contribution < 1.29 is 19.7 Å². The van der Waals surface area contributed by atoms with E-state index in [0.29, 0.717) is 13.2 Å². The van der Waals surface area contributed by atoms with Crippen LogP contribution in [0.4, 0.5) is 0 Å². The number of ether oxygens (including phenoxy) is 2. The van der Waals surface area contributed by atoms with Gasteiger partial charge in [0.2, 0.25) is 0 Å². The van der Waals surface area contributed by atoms with Crippen LogP contribution in [0.5, 0.6) is 0 Å². The average Bonchev–Trinajstić information content (AvgIpc) is 2.26. The first-order valence-corrected chi connectivity index (χ1v) is 6.12. The van der Waals surface area contributed by atoms with Crippen LogP contribution in [0, 0.1) is 0 Å². The Bertz CT molecular complexity index is 152. The lowest BCUT2D eigenvalue weighted by molar-refractivity contribution is -0.0700. The van der Waals surface area contributed by atoms with Gasteiger partial charge >= 0.3 is 0 Å². The fraction of sp³-hybridized carbons (Fsp3) is 1.00. The van der Waals surface area contributed by atoms with E-state index in [4.69, 9.17) is 14.6 Å². The molecule has 98 valence electrons. The SMILES string of the molecule is CCCCC(O)COCC(C)OC(C)CO.